The summed E-state index contributed by atoms with van der Waals surface area (Å²) in [4.78, 5) is 18.6. The van der Waals surface area contributed by atoms with E-state index < -0.39 is 0 Å². The van der Waals surface area contributed by atoms with Crippen LogP contribution in [0.3, 0.4) is 0 Å². The Balaban J connectivity index is 1.49. The van der Waals surface area contributed by atoms with Gasteiger partial charge in [-0.3, -0.25) is 9.89 Å². The average molecular weight is 413 g/mol. The molecule has 2 aromatic rings. The standard InChI is InChI=1S/C23H32N4O3/c1-16-12-19(10-11-27(16)15-18-8-6-5-7-9-18)26-23(24-3)25-14-20-13-21(17(2)30-20)22(28)29-4/h5-9,13,16,19H,10-12,14-15H2,1-4H3,(H2,24,25,26). The lowest BCUT2D eigenvalue weighted by Gasteiger charge is -2.38. The Bertz CT molecular complexity index is 863. The summed E-state index contributed by atoms with van der Waals surface area (Å²) < 4.78 is 10.4. The Kier molecular flexibility index (Phi) is 7.52. The maximum Gasteiger partial charge on any atom is 0.341 e. The predicted molar refractivity (Wildman–Crippen MR) is 117 cm³/mol. The van der Waals surface area contributed by atoms with Crippen LogP contribution in [0.4, 0.5) is 0 Å². The third-order valence-corrected chi connectivity index (χ3v) is 5.61. The third-order valence-electron chi connectivity index (χ3n) is 5.61. The van der Waals surface area contributed by atoms with Gasteiger partial charge in [0.2, 0.25) is 0 Å². The number of furan rings is 1. The number of methoxy groups -OCH3 is 1. The minimum absolute atomic E-state index is 0.363. The van der Waals surface area contributed by atoms with Gasteiger partial charge in [-0.2, -0.15) is 0 Å². The minimum Gasteiger partial charge on any atom is -0.465 e. The highest BCUT2D eigenvalue weighted by Crippen LogP contribution is 2.20. The van der Waals surface area contributed by atoms with E-state index >= 15 is 0 Å². The Labute approximate surface area is 178 Å². The molecular weight excluding hydrogens is 380 g/mol. The van der Waals surface area contributed by atoms with Gasteiger partial charge >= 0.3 is 5.97 Å². The SMILES string of the molecule is CN=C(NCc1cc(C(=O)OC)c(C)o1)NC1CCN(Cc2ccccc2)C(C)C1. The van der Waals surface area contributed by atoms with Gasteiger partial charge in [-0.05, 0) is 38.3 Å². The number of esters is 1. The van der Waals surface area contributed by atoms with E-state index in [1.807, 2.05) is 0 Å². The number of guanidine groups is 1. The number of piperidine rings is 1. The zero-order chi connectivity index (χ0) is 21.5. The Morgan fingerprint density at radius 3 is 2.77 bits per heavy atom. The highest BCUT2D eigenvalue weighted by Gasteiger charge is 2.26. The highest BCUT2D eigenvalue weighted by atomic mass is 16.5. The van der Waals surface area contributed by atoms with Crippen LogP contribution in [-0.2, 0) is 17.8 Å². The molecular formula is C23H32N4O3. The Hall–Kier alpha value is -2.80. The van der Waals surface area contributed by atoms with E-state index in [4.69, 9.17) is 9.15 Å². The molecule has 0 amide bonds. The number of benzene rings is 1. The van der Waals surface area contributed by atoms with Crippen molar-refractivity contribution in [2.45, 2.75) is 51.9 Å². The fraction of sp³-hybridized carbons (Fsp3) is 0.478. The molecule has 2 heterocycles. The van der Waals surface area contributed by atoms with Crippen molar-refractivity contribution in [3.05, 3.63) is 59.0 Å². The minimum atomic E-state index is -0.388. The van der Waals surface area contributed by atoms with Crippen LogP contribution >= 0.6 is 0 Å². The van der Waals surface area contributed by atoms with Gasteiger partial charge in [-0.1, -0.05) is 30.3 Å². The van der Waals surface area contributed by atoms with Crippen molar-refractivity contribution in [3.8, 4) is 0 Å². The molecule has 0 radical (unpaired) electrons. The Morgan fingerprint density at radius 2 is 2.10 bits per heavy atom. The van der Waals surface area contributed by atoms with Gasteiger partial charge in [0.05, 0.1) is 13.7 Å². The summed E-state index contributed by atoms with van der Waals surface area (Å²) in [5.74, 6) is 1.57. The monoisotopic (exact) mass is 412 g/mol. The van der Waals surface area contributed by atoms with Gasteiger partial charge in [0.25, 0.3) is 0 Å². The second-order valence-corrected chi connectivity index (χ2v) is 7.77. The zero-order valence-corrected chi connectivity index (χ0v) is 18.3. The predicted octanol–water partition coefficient (Wildman–Crippen LogP) is 3.09. The molecule has 1 aromatic heterocycles. The molecule has 2 N–H and O–H groups in total. The number of aryl methyl sites for hydroxylation is 1. The normalized spacial score (nSPS) is 20.1. The van der Waals surface area contributed by atoms with Crippen LogP contribution in [-0.4, -0.2) is 49.6 Å². The summed E-state index contributed by atoms with van der Waals surface area (Å²) in [5, 5.41) is 6.80. The lowest BCUT2D eigenvalue weighted by atomic mass is 9.97. The summed E-state index contributed by atoms with van der Waals surface area (Å²) in [6.45, 7) is 6.52. The molecule has 7 nitrogen and oxygen atoms in total. The largest absolute Gasteiger partial charge is 0.465 e. The van der Waals surface area contributed by atoms with Crippen LogP contribution in [0.1, 0.15) is 47.2 Å². The summed E-state index contributed by atoms with van der Waals surface area (Å²) in [6, 6.07) is 13.2. The van der Waals surface area contributed by atoms with Gasteiger partial charge in [0.15, 0.2) is 5.96 Å². The smallest absolute Gasteiger partial charge is 0.341 e. The fourth-order valence-corrected chi connectivity index (χ4v) is 3.91. The molecule has 0 bridgehead atoms. The maximum absolute atomic E-state index is 11.7. The van der Waals surface area contributed by atoms with E-state index in [1.165, 1.54) is 12.7 Å². The summed E-state index contributed by atoms with van der Waals surface area (Å²) in [5.41, 5.74) is 1.81. The highest BCUT2D eigenvalue weighted by molar-refractivity contribution is 5.90. The van der Waals surface area contributed by atoms with Crippen LogP contribution < -0.4 is 10.6 Å². The summed E-state index contributed by atoms with van der Waals surface area (Å²) >= 11 is 0. The molecule has 1 aliphatic rings. The number of likely N-dealkylation sites (tertiary alicyclic amines) is 1. The van der Waals surface area contributed by atoms with Crippen molar-refractivity contribution in [1.82, 2.24) is 15.5 Å². The lowest BCUT2D eigenvalue weighted by Crippen LogP contribution is -2.51. The lowest BCUT2D eigenvalue weighted by molar-refractivity contribution is 0.0599. The van der Waals surface area contributed by atoms with E-state index in [2.05, 4.69) is 57.8 Å². The van der Waals surface area contributed by atoms with Crippen LogP contribution in [0.2, 0.25) is 0 Å². The number of nitrogens with zero attached hydrogens (tertiary/aromatic N) is 2. The van der Waals surface area contributed by atoms with E-state index in [-0.39, 0.29) is 5.97 Å². The van der Waals surface area contributed by atoms with E-state index in [0.29, 0.717) is 35.7 Å². The van der Waals surface area contributed by atoms with Gasteiger partial charge < -0.3 is 19.8 Å². The molecule has 30 heavy (non-hydrogen) atoms. The van der Waals surface area contributed by atoms with Crippen LogP contribution in [0, 0.1) is 6.92 Å². The first-order chi connectivity index (χ1) is 14.5. The summed E-state index contributed by atoms with van der Waals surface area (Å²) in [7, 11) is 3.13. The molecule has 2 atom stereocenters. The quantitative estimate of drug-likeness (QED) is 0.431. The second-order valence-electron chi connectivity index (χ2n) is 7.77. The molecule has 1 aliphatic heterocycles. The van der Waals surface area contributed by atoms with Crippen molar-refractivity contribution in [3.63, 3.8) is 0 Å². The van der Waals surface area contributed by atoms with Gasteiger partial charge in [-0.25, -0.2) is 4.79 Å². The molecule has 3 rings (SSSR count). The molecule has 1 saturated heterocycles. The molecule has 162 valence electrons. The molecule has 1 fully saturated rings. The molecule has 0 saturated carbocycles. The first kappa shape index (κ1) is 21.9. The van der Waals surface area contributed by atoms with E-state index in [1.54, 1.807) is 20.0 Å². The van der Waals surface area contributed by atoms with Gasteiger partial charge in [0, 0.05) is 32.2 Å². The first-order valence-electron chi connectivity index (χ1n) is 10.4. The first-order valence-corrected chi connectivity index (χ1v) is 10.4. The third kappa shape index (κ3) is 5.63. The van der Waals surface area contributed by atoms with Gasteiger partial charge in [-0.15, -0.1) is 0 Å². The average Bonchev–Trinajstić information content (AvgIpc) is 3.13. The zero-order valence-electron chi connectivity index (χ0n) is 18.3. The van der Waals surface area contributed by atoms with Crippen LogP contribution in [0.15, 0.2) is 45.8 Å². The molecule has 2 unspecified atom stereocenters. The van der Waals surface area contributed by atoms with Crippen LogP contribution in [0.5, 0.6) is 0 Å². The van der Waals surface area contributed by atoms with E-state index in [0.717, 1.165) is 31.9 Å². The Morgan fingerprint density at radius 1 is 1.33 bits per heavy atom. The van der Waals surface area contributed by atoms with Crippen LogP contribution in [0.25, 0.3) is 0 Å². The number of nitrogens with one attached hydrogen (secondary N) is 2. The maximum atomic E-state index is 11.7. The van der Waals surface area contributed by atoms with Gasteiger partial charge in [0.1, 0.15) is 17.1 Å². The number of hydrogen-bond donors (Lipinski definition) is 2. The molecule has 0 spiro atoms. The van der Waals surface area contributed by atoms with Crippen molar-refractivity contribution in [2.75, 3.05) is 20.7 Å². The molecule has 1 aromatic carbocycles. The number of carbonyl (C=O) groups excluding carboxylic acids is 1. The topological polar surface area (TPSA) is 79.1 Å². The molecule has 7 heteroatoms. The number of ether oxygens (including phenoxy) is 1. The number of carbonyl (C=O) groups is 1. The fourth-order valence-electron chi connectivity index (χ4n) is 3.91. The number of hydrogen-bond acceptors (Lipinski definition) is 5. The molecule has 0 aliphatic carbocycles. The van der Waals surface area contributed by atoms with Crippen molar-refractivity contribution < 1.29 is 13.9 Å². The summed E-state index contributed by atoms with van der Waals surface area (Å²) in [6.07, 6.45) is 2.12. The number of aliphatic imine (C=N–C) groups is 1. The second kappa shape index (κ2) is 10.3. The van der Waals surface area contributed by atoms with Crippen molar-refractivity contribution in [2.24, 2.45) is 4.99 Å². The van der Waals surface area contributed by atoms with Crippen molar-refractivity contribution in [1.29, 1.82) is 0 Å². The van der Waals surface area contributed by atoms with Crippen molar-refractivity contribution >= 4 is 11.9 Å². The number of rotatable bonds is 6. The van der Waals surface area contributed by atoms with E-state index in [9.17, 15) is 4.79 Å².